The van der Waals surface area contributed by atoms with Crippen LogP contribution in [0.5, 0.6) is 0 Å². The van der Waals surface area contributed by atoms with Crippen molar-refractivity contribution >= 4 is 11.9 Å². The number of aromatic nitrogens is 3. The molecule has 126 valence electrons. The molecule has 0 bridgehead atoms. The van der Waals surface area contributed by atoms with Gasteiger partial charge in [0.2, 0.25) is 5.95 Å². The molecule has 2 aliphatic heterocycles. The molecule has 24 heavy (non-hydrogen) atoms. The largest absolute Gasteiger partial charge is 0.371 e. The molecule has 2 atom stereocenters. The first-order valence-electron chi connectivity index (χ1n) is 8.23. The molecule has 0 radical (unpaired) electrons. The van der Waals surface area contributed by atoms with E-state index >= 15 is 0 Å². The van der Waals surface area contributed by atoms with Crippen LogP contribution < -0.4 is 5.32 Å². The highest BCUT2D eigenvalue weighted by molar-refractivity contribution is 5.93. The number of nitrogens with zero attached hydrogens (tertiary/aromatic N) is 4. The van der Waals surface area contributed by atoms with Gasteiger partial charge in [0.15, 0.2) is 0 Å². The molecule has 2 aromatic rings. The molecule has 2 fully saturated rings. The molecule has 2 saturated heterocycles. The van der Waals surface area contributed by atoms with E-state index in [-0.39, 0.29) is 17.6 Å². The number of aryl methyl sites for hydroxylation is 1. The highest BCUT2D eigenvalue weighted by Gasteiger charge is 2.47. The van der Waals surface area contributed by atoms with Gasteiger partial charge in [0.05, 0.1) is 24.8 Å². The fourth-order valence-corrected chi connectivity index (χ4v) is 3.64. The van der Waals surface area contributed by atoms with Gasteiger partial charge in [-0.1, -0.05) is 0 Å². The fourth-order valence-electron chi connectivity index (χ4n) is 3.64. The third-order valence-corrected chi connectivity index (χ3v) is 4.87. The van der Waals surface area contributed by atoms with Crippen LogP contribution in [0.4, 0.5) is 5.95 Å². The smallest absolute Gasteiger partial charge is 0.270 e. The lowest BCUT2D eigenvalue weighted by atomic mass is 9.97. The molecule has 4 heterocycles. The summed E-state index contributed by atoms with van der Waals surface area (Å²) in [7, 11) is 1.89. The summed E-state index contributed by atoms with van der Waals surface area (Å²) in [5, 5.41) is 3.32. The number of rotatable bonds is 3. The predicted molar refractivity (Wildman–Crippen MR) is 88.7 cm³/mol. The maximum atomic E-state index is 12.7. The van der Waals surface area contributed by atoms with Gasteiger partial charge < -0.3 is 19.5 Å². The van der Waals surface area contributed by atoms with E-state index in [9.17, 15) is 4.79 Å². The van der Waals surface area contributed by atoms with Crippen LogP contribution in [0.1, 0.15) is 23.3 Å². The lowest BCUT2D eigenvalue weighted by molar-refractivity contribution is 0.0124. The predicted octanol–water partition coefficient (Wildman–Crippen LogP) is 1.30. The molecule has 2 aliphatic rings. The Kier molecular flexibility index (Phi) is 3.72. The first-order chi connectivity index (χ1) is 11.7. The Morgan fingerprint density at radius 2 is 2.21 bits per heavy atom. The Morgan fingerprint density at radius 1 is 1.38 bits per heavy atom. The first kappa shape index (κ1) is 15.1. The Balaban J connectivity index is 1.40. The zero-order valence-corrected chi connectivity index (χ0v) is 13.7. The molecule has 2 aromatic heterocycles. The Bertz CT molecular complexity index is 732. The lowest BCUT2D eigenvalue weighted by Gasteiger charge is -2.23. The summed E-state index contributed by atoms with van der Waals surface area (Å²) >= 11 is 0. The number of amides is 1. The van der Waals surface area contributed by atoms with Crippen LogP contribution in [0.15, 0.2) is 36.8 Å². The number of anilines is 1. The summed E-state index contributed by atoms with van der Waals surface area (Å²) in [6.07, 6.45) is 7.07. The zero-order valence-electron chi connectivity index (χ0n) is 13.7. The summed E-state index contributed by atoms with van der Waals surface area (Å²) in [4.78, 5) is 23.0. The van der Waals surface area contributed by atoms with Crippen molar-refractivity contribution < 1.29 is 9.53 Å². The molecule has 0 aliphatic carbocycles. The Hall–Kier alpha value is -2.41. The summed E-state index contributed by atoms with van der Waals surface area (Å²) in [6.45, 7) is 1.99. The number of carbonyl (C=O) groups is 1. The minimum Gasteiger partial charge on any atom is -0.371 e. The van der Waals surface area contributed by atoms with Crippen LogP contribution in [0.3, 0.4) is 0 Å². The first-order valence-corrected chi connectivity index (χ1v) is 8.23. The highest BCUT2D eigenvalue weighted by atomic mass is 16.5. The van der Waals surface area contributed by atoms with Crippen LogP contribution >= 0.6 is 0 Å². The van der Waals surface area contributed by atoms with Gasteiger partial charge in [-0.15, -0.1) is 0 Å². The van der Waals surface area contributed by atoms with E-state index in [2.05, 4.69) is 15.3 Å². The minimum absolute atomic E-state index is 0.0748. The SMILES string of the molecule is Cn1cccc1C(=O)N1CC[C@]2(C[C@H](Nc3ncccn3)CO2)C1. The molecule has 7 heteroatoms. The molecule has 1 amide bonds. The molecule has 0 aromatic carbocycles. The van der Waals surface area contributed by atoms with Gasteiger partial charge in [-0.05, 0) is 24.6 Å². The van der Waals surface area contributed by atoms with Crippen LogP contribution in [0.2, 0.25) is 0 Å². The van der Waals surface area contributed by atoms with Crippen molar-refractivity contribution in [2.75, 3.05) is 25.0 Å². The average Bonchev–Trinajstić information content (AvgIpc) is 3.30. The summed E-state index contributed by atoms with van der Waals surface area (Å²) in [5.41, 5.74) is 0.477. The number of hydrogen-bond donors (Lipinski definition) is 1. The highest BCUT2D eigenvalue weighted by Crippen LogP contribution is 2.36. The number of carbonyl (C=O) groups excluding carboxylic acids is 1. The van der Waals surface area contributed by atoms with Gasteiger partial charge in [-0.3, -0.25) is 4.79 Å². The number of likely N-dealkylation sites (tertiary alicyclic amines) is 1. The number of nitrogens with one attached hydrogen (secondary N) is 1. The molecule has 0 unspecified atom stereocenters. The lowest BCUT2D eigenvalue weighted by Crippen LogP contribution is -2.37. The maximum absolute atomic E-state index is 12.7. The third kappa shape index (κ3) is 2.75. The maximum Gasteiger partial charge on any atom is 0.270 e. The van der Waals surface area contributed by atoms with E-state index in [0.717, 1.165) is 25.1 Å². The van der Waals surface area contributed by atoms with E-state index in [0.29, 0.717) is 19.1 Å². The van der Waals surface area contributed by atoms with E-state index in [1.165, 1.54) is 0 Å². The van der Waals surface area contributed by atoms with Crippen molar-refractivity contribution in [2.45, 2.75) is 24.5 Å². The monoisotopic (exact) mass is 327 g/mol. The average molecular weight is 327 g/mol. The van der Waals surface area contributed by atoms with Crippen molar-refractivity contribution in [1.29, 1.82) is 0 Å². The van der Waals surface area contributed by atoms with Gasteiger partial charge >= 0.3 is 0 Å². The second-order valence-corrected chi connectivity index (χ2v) is 6.59. The van der Waals surface area contributed by atoms with Crippen LogP contribution in [-0.2, 0) is 11.8 Å². The molecule has 0 saturated carbocycles. The van der Waals surface area contributed by atoms with Gasteiger partial charge in [0.25, 0.3) is 5.91 Å². The van der Waals surface area contributed by atoms with E-state index < -0.39 is 0 Å². The van der Waals surface area contributed by atoms with Crippen molar-refractivity contribution in [3.05, 3.63) is 42.5 Å². The summed E-state index contributed by atoms with van der Waals surface area (Å²) in [6, 6.07) is 5.73. The topological polar surface area (TPSA) is 72.3 Å². The van der Waals surface area contributed by atoms with Crippen molar-refractivity contribution in [3.8, 4) is 0 Å². The Labute approximate surface area is 140 Å². The standard InChI is InChI=1S/C17H21N5O2/c1-21-8-2-4-14(21)15(23)22-9-5-17(12-22)10-13(11-24-17)20-16-18-6-3-7-19-16/h2-4,6-8,13H,5,9-12H2,1H3,(H,18,19,20)/t13-,17-/m0/s1. The minimum atomic E-state index is -0.243. The third-order valence-electron chi connectivity index (χ3n) is 4.87. The van der Waals surface area contributed by atoms with Gasteiger partial charge in [-0.2, -0.15) is 0 Å². The molecule has 7 nitrogen and oxygen atoms in total. The molecule has 1 N–H and O–H groups in total. The molecular formula is C17H21N5O2. The van der Waals surface area contributed by atoms with Gasteiger partial charge in [0, 0.05) is 38.6 Å². The van der Waals surface area contributed by atoms with E-state index in [4.69, 9.17) is 4.74 Å². The normalized spacial score (nSPS) is 26.2. The second-order valence-electron chi connectivity index (χ2n) is 6.59. The van der Waals surface area contributed by atoms with Crippen LogP contribution in [0.25, 0.3) is 0 Å². The quantitative estimate of drug-likeness (QED) is 0.920. The summed E-state index contributed by atoms with van der Waals surface area (Å²) in [5.74, 6) is 0.698. The number of ether oxygens (including phenoxy) is 1. The van der Waals surface area contributed by atoms with E-state index in [1.807, 2.05) is 34.8 Å². The van der Waals surface area contributed by atoms with Crippen molar-refractivity contribution in [2.24, 2.45) is 7.05 Å². The fraction of sp³-hybridized carbons (Fsp3) is 0.471. The Morgan fingerprint density at radius 3 is 2.96 bits per heavy atom. The molecule has 1 spiro atoms. The van der Waals surface area contributed by atoms with Gasteiger partial charge in [0.1, 0.15) is 5.69 Å². The van der Waals surface area contributed by atoms with Crippen molar-refractivity contribution in [1.82, 2.24) is 19.4 Å². The van der Waals surface area contributed by atoms with E-state index in [1.54, 1.807) is 18.5 Å². The van der Waals surface area contributed by atoms with Gasteiger partial charge in [-0.25, -0.2) is 9.97 Å². The van der Waals surface area contributed by atoms with Crippen molar-refractivity contribution in [3.63, 3.8) is 0 Å². The second kappa shape index (κ2) is 5.90. The number of hydrogen-bond acceptors (Lipinski definition) is 5. The molecular weight excluding hydrogens is 306 g/mol. The zero-order chi connectivity index (χ0) is 16.6. The van der Waals surface area contributed by atoms with Crippen LogP contribution in [0, 0.1) is 0 Å². The summed E-state index contributed by atoms with van der Waals surface area (Å²) < 4.78 is 7.96. The van der Waals surface area contributed by atoms with Crippen LogP contribution in [-0.4, -0.2) is 56.7 Å². The molecule has 4 rings (SSSR count).